The van der Waals surface area contributed by atoms with Crippen LogP contribution in [0.1, 0.15) is 66.8 Å². The quantitative estimate of drug-likeness (QED) is 0.141. The predicted molar refractivity (Wildman–Crippen MR) is 499 cm³/mol. The first kappa shape index (κ1) is 41.4. The van der Waals surface area contributed by atoms with Gasteiger partial charge in [0, 0.05) is 44.5 Å². The van der Waals surface area contributed by atoms with Gasteiger partial charge in [-0.2, -0.15) is 0 Å². The van der Waals surface area contributed by atoms with Crippen LogP contribution in [0.25, 0.3) is 539 Å². The van der Waals surface area contributed by atoms with Crippen molar-refractivity contribution in [2.45, 2.75) is 44.1 Å². The molecule has 0 aromatic heterocycles. The molecular formula is C120O2. The van der Waals surface area contributed by atoms with Gasteiger partial charge in [-0.05, 0) is 561 Å². The molecule has 2 aliphatic heterocycles. The Hall–Kier alpha value is -14.6. The summed E-state index contributed by atoms with van der Waals surface area (Å²) in [5, 5.41) is 167. The van der Waals surface area contributed by atoms with Gasteiger partial charge in [0.1, 0.15) is 22.4 Å². The standard InChI is InChI=1S/C120O2/c121-113-101-83-69-53-35-19-5-1-2-6-10-9(5)23-31(19)57(69)73-61-39(23)40-24(10)32-20(6)36-28-14(2)17-13(1)27(35)45-49-43(17)50-46(28)66-54(36)70-58(32)74-62(40)81(61)99-105(91(73)83)117(113)118-106(99)92(74)84(70)102-88(66)96-78(50)77(49)95(87(101)65(45)53)109(113)110(96)114(102,118)122-116-104-86-72-56-38-22-8-4-3-7-11-12(8)26-34(22)60(72)76-64-42(26)41-25(11)33-21(7)37-29-15(3)18-16(4)30(38)48-52-44(18)51-47(29)67-55(37)71-59(33)75-63(41)82(64)100-107-93(75)85(71)103-89(67)97-79(51)80(52)98(90(104)68(48)56)112(116)111(97)115(103,121)119(107,117)120(116,118)108(100)94(76)86. The van der Waals surface area contributed by atoms with Crippen LogP contribution in [0.5, 0.6) is 0 Å². The van der Waals surface area contributed by atoms with Gasteiger partial charge in [0.25, 0.3) is 0 Å². The zero-order valence-corrected chi connectivity index (χ0v) is 60.8. The summed E-state index contributed by atoms with van der Waals surface area (Å²) < 4.78 is 22.8. The molecule has 0 amide bonds. The number of hydrogen-bond acceptors (Lipinski definition) is 2. The van der Waals surface area contributed by atoms with Crippen molar-refractivity contribution in [3.63, 3.8) is 0 Å². The van der Waals surface area contributed by atoms with Crippen molar-refractivity contribution in [1.29, 1.82) is 0 Å². The summed E-state index contributed by atoms with van der Waals surface area (Å²) in [6.07, 6.45) is 0. The van der Waals surface area contributed by atoms with Gasteiger partial charge in [-0.15, -0.1) is 0 Å². The second-order valence-electron chi connectivity index (χ2n) is 47.9. The Morgan fingerprint density at radius 2 is 0.139 bits per heavy atom. The largest absolute Gasteiger partial charge is 0.347 e. The van der Waals surface area contributed by atoms with E-state index >= 15 is 0 Å². The highest BCUT2D eigenvalue weighted by atomic mass is 16.6. The SMILES string of the molecule is O1C23c4c5c6c7c8c9c%10c%11c%12c(c%13c%14c2c2c4c4c6c6c%15c7c7c9c9c%10c%10c%12c%12c%13c%13c%14c%14c2c2c4c6c4c6c2c%14c2c%13c%13c%12c%10c%10c9c9c7c%15c4c4c9c%10c%13c2c64)C32C34c6c7c9c%10c%12c%13c%14c%15c(c%16c%17c%18c(c%19c6c6c%20c7c7c%10c%10c%12c%12c%14c%14c%21c%15c%17c%15c%17c%18c%18c%19c6c6c%19c%20c7c7c%10c%10c%12c%14c%12c(c%15%21)c%14c%17c%18c6c6c%19c7c%10c%12c%146)C1%163)C%131OC58C%112C914. The lowest BCUT2D eigenvalue weighted by Crippen LogP contribution is -2.95. The molecule has 52 aromatic rings. The Labute approximate surface area is 654 Å². The normalized spacial score (nSPS) is 29.5. The van der Waals surface area contributed by atoms with Crippen LogP contribution in [-0.2, 0) is 53.5 Å². The summed E-state index contributed by atoms with van der Waals surface area (Å²) in [7, 11) is 0. The predicted octanol–water partition coefficient (Wildman–Crippen LogP) is 30.3. The fourth-order valence-electron chi connectivity index (χ4n) is 51.9. The molecule has 3 fully saturated rings. The fraction of sp³-hybridized carbons (Fsp3) is 0.0667. The van der Waals surface area contributed by atoms with Crippen molar-refractivity contribution in [3.8, 4) is 0 Å². The van der Waals surface area contributed by atoms with Crippen molar-refractivity contribution >= 4 is 539 Å². The minimum Gasteiger partial charge on any atom is -0.347 e. The van der Waals surface area contributed by atoms with Crippen molar-refractivity contribution in [2.75, 3.05) is 0 Å². The average Bonchev–Trinajstić information content (AvgIpc) is 1.31. The number of hydrogen-bond donors (Lipinski definition) is 0. The fourth-order valence-corrected chi connectivity index (χ4v) is 51.9. The van der Waals surface area contributed by atoms with E-state index in [1.807, 2.05) is 22.3 Å². The lowest BCUT2D eigenvalue weighted by molar-refractivity contribution is -0.183. The molecule has 52 aromatic carbocycles. The second kappa shape index (κ2) is 8.56. The topological polar surface area (TPSA) is 18.5 Å². The molecule has 0 bridgehead atoms. The average molecular weight is 1470 g/mol. The zero-order chi connectivity index (χ0) is 70.1. The number of ether oxygens (including phenoxy) is 2. The van der Waals surface area contributed by atoms with Crippen molar-refractivity contribution in [1.82, 2.24) is 0 Å². The summed E-state index contributed by atoms with van der Waals surface area (Å²) in [5.74, 6) is 0. The Morgan fingerprint density at radius 1 is 0.0656 bits per heavy atom. The second-order valence-corrected chi connectivity index (χ2v) is 47.9. The highest BCUT2D eigenvalue weighted by Gasteiger charge is 3.17. The molecule has 2 heteroatoms. The van der Waals surface area contributed by atoms with Crippen LogP contribution >= 0.6 is 0 Å². The monoisotopic (exact) mass is 1470 g/mol. The Kier molecular flexibility index (Phi) is 2.90. The highest BCUT2D eigenvalue weighted by Crippen LogP contribution is 3.14. The van der Waals surface area contributed by atoms with Crippen LogP contribution in [0.2, 0.25) is 0 Å². The molecule has 13 aliphatic carbocycles. The van der Waals surface area contributed by atoms with E-state index in [0.29, 0.717) is 0 Å². The number of rotatable bonds is 0. The molecule has 2 heterocycles. The zero-order valence-electron chi connectivity index (χ0n) is 60.8. The maximum absolute atomic E-state index is 11.4. The van der Waals surface area contributed by atoms with Gasteiger partial charge >= 0.3 is 0 Å². The van der Waals surface area contributed by atoms with Gasteiger partial charge < -0.3 is 9.47 Å². The van der Waals surface area contributed by atoms with Crippen LogP contribution in [0.4, 0.5) is 0 Å². The third-order valence-electron chi connectivity index (χ3n) is 49.8. The van der Waals surface area contributed by atoms with E-state index < -0.39 is 44.1 Å². The molecule has 4 atom stereocenters. The first-order chi connectivity index (χ1) is 60.9. The van der Waals surface area contributed by atoms with E-state index in [-0.39, 0.29) is 0 Å². The molecule has 492 valence electrons. The molecule has 122 heavy (non-hydrogen) atoms. The van der Waals surface area contributed by atoms with Crippen molar-refractivity contribution in [3.05, 3.63) is 66.8 Å². The molecule has 2 saturated heterocycles. The highest BCUT2D eigenvalue weighted by molar-refractivity contribution is 6.86. The Balaban J connectivity index is 0.817. The van der Waals surface area contributed by atoms with Crippen LogP contribution in [-0.4, -0.2) is 0 Å². The Morgan fingerprint density at radius 3 is 0.246 bits per heavy atom. The first-order valence-electron chi connectivity index (χ1n) is 46.3. The van der Waals surface area contributed by atoms with Gasteiger partial charge in [-0.3, -0.25) is 0 Å². The summed E-state index contributed by atoms with van der Waals surface area (Å²) in [6, 6.07) is 0. The summed E-state index contributed by atoms with van der Waals surface area (Å²) >= 11 is 0. The minimum atomic E-state index is -0.983. The van der Waals surface area contributed by atoms with Gasteiger partial charge in [0.2, 0.25) is 0 Å². The molecule has 15 aliphatic rings. The lowest BCUT2D eigenvalue weighted by atomic mass is 9.11. The molecule has 1 saturated carbocycles. The molecule has 67 rings (SSSR count). The lowest BCUT2D eigenvalue weighted by Gasteiger charge is -2.84. The van der Waals surface area contributed by atoms with E-state index in [1.54, 1.807) is 583 Å². The van der Waals surface area contributed by atoms with Crippen LogP contribution < -0.4 is 0 Å². The van der Waals surface area contributed by atoms with Gasteiger partial charge in [0.15, 0.2) is 0 Å². The smallest absolute Gasteiger partial charge is 0.134 e. The first-order valence-corrected chi connectivity index (χ1v) is 46.3. The maximum Gasteiger partial charge on any atom is 0.134 e. The van der Waals surface area contributed by atoms with Crippen molar-refractivity contribution < 1.29 is 9.47 Å². The van der Waals surface area contributed by atoms with Crippen LogP contribution in [0, 0.1) is 0 Å². The van der Waals surface area contributed by atoms with E-state index in [1.165, 1.54) is 0 Å². The van der Waals surface area contributed by atoms with Gasteiger partial charge in [-0.25, -0.2) is 0 Å². The van der Waals surface area contributed by atoms with Crippen LogP contribution in [0.15, 0.2) is 0 Å². The van der Waals surface area contributed by atoms with Crippen molar-refractivity contribution in [2.24, 2.45) is 0 Å². The Bertz CT molecular complexity index is 14100. The van der Waals surface area contributed by atoms with Gasteiger partial charge in [-0.1, -0.05) is 0 Å². The minimum absolute atomic E-state index is 0.757. The van der Waals surface area contributed by atoms with E-state index in [0.717, 1.165) is 0 Å². The van der Waals surface area contributed by atoms with Crippen LogP contribution in [0.3, 0.4) is 0 Å². The number of benzene rings is 34. The molecule has 0 radical (unpaired) electrons. The third kappa shape index (κ3) is 1.84. The summed E-state index contributed by atoms with van der Waals surface area (Å²) in [5.41, 5.74) is 13.7. The third-order valence-corrected chi connectivity index (χ3v) is 49.8. The van der Waals surface area contributed by atoms with E-state index in [9.17, 15) is 9.47 Å². The summed E-state index contributed by atoms with van der Waals surface area (Å²) in [4.78, 5) is 0. The molecular weight excluding hydrogens is 1470 g/mol. The maximum atomic E-state index is 11.4. The molecule has 0 N–H and O–H groups in total. The van der Waals surface area contributed by atoms with E-state index in [2.05, 4.69) is 0 Å². The molecule has 4 unspecified atom stereocenters. The van der Waals surface area contributed by atoms with Gasteiger partial charge in [0.05, 0.1) is 21.7 Å². The summed E-state index contributed by atoms with van der Waals surface area (Å²) in [6.45, 7) is 0. The molecule has 8 spiro atoms. The molecule has 2 nitrogen and oxygen atoms in total. The van der Waals surface area contributed by atoms with E-state index in [4.69, 9.17) is 0 Å².